The maximum Gasteiger partial charge on any atom is 0.228 e. The minimum absolute atomic E-state index is 0.503. The molecule has 0 aliphatic rings. The van der Waals surface area contributed by atoms with Gasteiger partial charge in [0, 0.05) is 19.2 Å². The maximum atomic E-state index is 5.39. The first-order chi connectivity index (χ1) is 7.31. The molecule has 0 saturated heterocycles. The van der Waals surface area contributed by atoms with Gasteiger partial charge in [-0.15, -0.1) is 0 Å². The van der Waals surface area contributed by atoms with Gasteiger partial charge in [0.25, 0.3) is 0 Å². The van der Waals surface area contributed by atoms with Crippen LogP contribution in [0.15, 0.2) is 22.9 Å². The molecule has 0 saturated carbocycles. The van der Waals surface area contributed by atoms with E-state index in [0.717, 1.165) is 11.3 Å². The predicted octanol–water partition coefficient (Wildman–Crippen LogP) is 0.941. The molecular formula is C10H12N4O. The third kappa shape index (κ3) is 2.02. The van der Waals surface area contributed by atoms with Gasteiger partial charge in [0.05, 0.1) is 0 Å². The van der Waals surface area contributed by atoms with Crippen LogP contribution in [0.5, 0.6) is 0 Å². The molecule has 5 heteroatoms. The minimum Gasteiger partial charge on any atom is -0.339 e. The van der Waals surface area contributed by atoms with Crippen molar-refractivity contribution in [1.29, 1.82) is 0 Å². The van der Waals surface area contributed by atoms with E-state index in [1.165, 1.54) is 0 Å². The van der Waals surface area contributed by atoms with Crippen LogP contribution >= 0.6 is 0 Å². The van der Waals surface area contributed by atoms with Gasteiger partial charge < -0.3 is 10.3 Å². The molecular weight excluding hydrogens is 192 g/mol. The van der Waals surface area contributed by atoms with E-state index in [1.807, 2.05) is 19.1 Å². The summed E-state index contributed by atoms with van der Waals surface area (Å²) in [5, 5.41) is 3.86. The molecule has 0 atom stereocenters. The summed E-state index contributed by atoms with van der Waals surface area (Å²) in [5.74, 6) is 1.08. The van der Waals surface area contributed by atoms with Crippen LogP contribution in [-0.2, 0) is 6.42 Å². The zero-order chi connectivity index (χ0) is 10.7. The summed E-state index contributed by atoms with van der Waals surface area (Å²) in [4.78, 5) is 8.42. The van der Waals surface area contributed by atoms with Gasteiger partial charge in [0.2, 0.25) is 11.7 Å². The molecule has 2 aromatic rings. The summed E-state index contributed by atoms with van der Waals surface area (Å²) in [6, 6.07) is 3.83. The zero-order valence-electron chi connectivity index (χ0n) is 8.47. The molecule has 0 aliphatic carbocycles. The topological polar surface area (TPSA) is 77.8 Å². The first-order valence-electron chi connectivity index (χ1n) is 4.76. The fourth-order valence-corrected chi connectivity index (χ4v) is 1.30. The van der Waals surface area contributed by atoms with E-state index in [4.69, 9.17) is 10.3 Å². The van der Waals surface area contributed by atoms with Gasteiger partial charge in [-0.1, -0.05) is 11.2 Å². The molecule has 15 heavy (non-hydrogen) atoms. The lowest BCUT2D eigenvalue weighted by Crippen LogP contribution is -2.02. The van der Waals surface area contributed by atoms with E-state index in [-0.39, 0.29) is 0 Å². The fourth-order valence-electron chi connectivity index (χ4n) is 1.30. The smallest absolute Gasteiger partial charge is 0.228 e. The molecule has 5 nitrogen and oxygen atoms in total. The number of nitrogens with two attached hydrogens (primary N) is 1. The van der Waals surface area contributed by atoms with E-state index in [2.05, 4.69) is 15.1 Å². The molecule has 0 radical (unpaired) electrons. The van der Waals surface area contributed by atoms with Crippen molar-refractivity contribution in [3.05, 3.63) is 29.8 Å². The maximum absolute atomic E-state index is 5.39. The lowest BCUT2D eigenvalue weighted by Gasteiger charge is -1.96. The van der Waals surface area contributed by atoms with Crippen LogP contribution < -0.4 is 5.73 Å². The average Bonchev–Trinajstić information content (AvgIpc) is 2.68. The Bertz CT molecular complexity index is 452. The second kappa shape index (κ2) is 4.18. The number of hydrogen-bond acceptors (Lipinski definition) is 5. The minimum atomic E-state index is 0.503. The van der Waals surface area contributed by atoms with Gasteiger partial charge in [0.1, 0.15) is 5.69 Å². The highest BCUT2D eigenvalue weighted by Crippen LogP contribution is 2.16. The van der Waals surface area contributed by atoms with Crippen LogP contribution in [-0.4, -0.2) is 21.7 Å². The van der Waals surface area contributed by atoms with Crippen molar-refractivity contribution >= 4 is 0 Å². The highest BCUT2D eigenvalue weighted by molar-refractivity contribution is 5.52. The number of nitrogens with zero attached hydrogens (tertiary/aromatic N) is 3. The van der Waals surface area contributed by atoms with Gasteiger partial charge >= 0.3 is 0 Å². The molecule has 0 bridgehead atoms. The Balaban J connectivity index is 2.33. The van der Waals surface area contributed by atoms with Crippen LogP contribution in [0.25, 0.3) is 11.5 Å². The standard InChI is InChI=1S/C10H12N4O/c1-7-3-2-6-12-9(7)10-13-8(4-5-11)15-14-10/h2-3,6H,4-5,11H2,1H3. The molecule has 2 heterocycles. The molecule has 0 aromatic carbocycles. The van der Waals surface area contributed by atoms with Gasteiger partial charge in [-0.2, -0.15) is 4.98 Å². The third-order valence-electron chi connectivity index (χ3n) is 2.05. The van der Waals surface area contributed by atoms with E-state index in [9.17, 15) is 0 Å². The Morgan fingerprint density at radius 1 is 1.47 bits per heavy atom. The number of aryl methyl sites for hydroxylation is 1. The van der Waals surface area contributed by atoms with Crippen LogP contribution in [0.2, 0.25) is 0 Å². The predicted molar refractivity (Wildman–Crippen MR) is 55.0 cm³/mol. The summed E-state index contributed by atoms with van der Waals surface area (Å²) < 4.78 is 5.03. The van der Waals surface area contributed by atoms with E-state index < -0.39 is 0 Å². The average molecular weight is 204 g/mol. The quantitative estimate of drug-likeness (QED) is 0.805. The van der Waals surface area contributed by atoms with E-state index in [0.29, 0.717) is 24.7 Å². The summed E-state index contributed by atoms with van der Waals surface area (Å²) in [6.07, 6.45) is 2.31. The molecule has 0 fully saturated rings. The number of rotatable bonds is 3. The summed E-state index contributed by atoms with van der Waals surface area (Å²) in [5.41, 5.74) is 7.17. The van der Waals surface area contributed by atoms with Gasteiger partial charge in [-0.3, -0.25) is 4.98 Å². The number of aromatic nitrogens is 3. The molecule has 0 aliphatic heterocycles. The Morgan fingerprint density at radius 3 is 3.07 bits per heavy atom. The Kier molecular flexibility index (Phi) is 2.73. The van der Waals surface area contributed by atoms with Crippen molar-refractivity contribution in [3.8, 4) is 11.5 Å². The Hall–Kier alpha value is -1.75. The summed E-state index contributed by atoms with van der Waals surface area (Å²) in [6.45, 7) is 2.46. The lowest BCUT2D eigenvalue weighted by atomic mass is 10.2. The van der Waals surface area contributed by atoms with E-state index >= 15 is 0 Å². The van der Waals surface area contributed by atoms with Crippen LogP contribution in [0.1, 0.15) is 11.5 Å². The largest absolute Gasteiger partial charge is 0.339 e. The van der Waals surface area contributed by atoms with Crippen LogP contribution in [0, 0.1) is 6.92 Å². The highest BCUT2D eigenvalue weighted by atomic mass is 16.5. The van der Waals surface area contributed by atoms with Gasteiger partial charge in [-0.05, 0) is 18.6 Å². The van der Waals surface area contributed by atoms with E-state index in [1.54, 1.807) is 6.20 Å². The van der Waals surface area contributed by atoms with Crippen molar-refractivity contribution in [3.63, 3.8) is 0 Å². The second-order valence-corrected chi connectivity index (χ2v) is 3.22. The molecule has 0 unspecified atom stereocenters. The van der Waals surface area contributed by atoms with Crippen molar-refractivity contribution in [2.45, 2.75) is 13.3 Å². The third-order valence-corrected chi connectivity index (χ3v) is 2.05. The summed E-state index contributed by atoms with van der Waals surface area (Å²) >= 11 is 0. The Morgan fingerprint density at radius 2 is 2.33 bits per heavy atom. The zero-order valence-corrected chi connectivity index (χ0v) is 8.47. The van der Waals surface area contributed by atoms with Crippen molar-refractivity contribution in [2.75, 3.05) is 6.54 Å². The Labute approximate surface area is 87.3 Å². The molecule has 2 aromatic heterocycles. The van der Waals surface area contributed by atoms with Crippen LogP contribution in [0.4, 0.5) is 0 Å². The molecule has 2 N–H and O–H groups in total. The molecule has 78 valence electrons. The fraction of sp³-hybridized carbons (Fsp3) is 0.300. The van der Waals surface area contributed by atoms with Gasteiger partial charge in [-0.25, -0.2) is 0 Å². The highest BCUT2D eigenvalue weighted by Gasteiger charge is 2.10. The van der Waals surface area contributed by atoms with Crippen molar-refractivity contribution < 1.29 is 4.52 Å². The summed E-state index contributed by atoms with van der Waals surface area (Å²) in [7, 11) is 0. The van der Waals surface area contributed by atoms with Gasteiger partial charge in [0.15, 0.2) is 0 Å². The van der Waals surface area contributed by atoms with Crippen molar-refractivity contribution in [1.82, 2.24) is 15.1 Å². The first kappa shape index (κ1) is 9.79. The SMILES string of the molecule is Cc1cccnc1-c1noc(CCN)n1. The monoisotopic (exact) mass is 204 g/mol. The number of pyridine rings is 1. The molecule has 0 amide bonds. The lowest BCUT2D eigenvalue weighted by molar-refractivity contribution is 0.380. The second-order valence-electron chi connectivity index (χ2n) is 3.22. The molecule has 0 spiro atoms. The first-order valence-corrected chi connectivity index (χ1v) is 4.76. The molecule has 2 rings (SSSR count). The van der Waals surface area contributed by atoms with Crippen molar-refractivity contribution in [2.24, 2.45) is 5.73 Å². The normalized spacial score (nSPS) is 10.5. The van der Waals surface area contributed by atoms with Crippen LogP contribution in [0.3, 0.4) is 0 Å². The number of hydrogen-bond donors (Lipinski definition) is 1.